The third-order valence-electron chi connectivity index (χ3n) is 8.16. The molecule has 15 heteroatoms. The van der Waals surface area contributed by atoms with E-state index in [4.69, 9.17) is 19.0 Å². The number of amides is 3. The Morgan fingerprint density at radius 3 is 2.49 bits per heavy atom. The number of pyridine rings is 1. The fourth-order valence-corrected chi connectivity index (χ4v) is 7.61. The first kappa shape index (κ1) is 29.7. The minimum Gasteiger partial charge on any atom is -0.439 e. The van der Waals surface area contributed by atoms with E-state index in [1.807, 2.05) is 0 Å². The number of carbonyl (C=O) groups excluding carboxylic acids is 2. The fourth-order valence-electron chi connectivity index (χ4n) is 6.01. The molecule has 0 radical (unpaired) electrons. The summed E-state index contributed by atoms with van der Waals surface area (Å²) in [6, 6.07) is 5.49. The van der Waals surface area contributed by atoms with Gasteiger partial charge in [0.25, 0.3) is 5.91 Å². The third kappa shape index (κ3) is 6.31. The first-order valence-electron chi connectivity index (χ1n) is 14.4. The number of sulfonamides is 1. The molecule has 2 aromatic rings. The molecule has 6 rings (SSSR count). The molecule has 2 bridgehead atoms. The Morgan fingerprint density at radius 2 is 1.79 bits per heavy atom. The second kappa shape index (κ2) is 12.7. The smallest absolute Gasteiger partial charge is 0.320 e. The number of hydrogen-bond donors (Lipinski definition) is 1. The standard InChI is InChI=1S/C28H34FN5O8S/c29-19-4-7-21(8-5-19)41-24-11-9-22(17-30-24)43(37,38)33-18-20-6-10-23(34(20)28(36)32-12-15-39-16-13-32)26(33)27(35)31-42-25-3-1-2-14-40-25/h4-5,7-9,11,17,20,23,25-26H,1-3,6,10,12-16,18H2,(H,31,35)/t20-,23+,25?,26-/m1/s1. The number of morpholine rings is 1. The average molecular weight is 620 g/mol. The van der Waals surface area contributed by atoms with E-state index in [0.717, 1.165) is 23.3 Å². The van der Waals surface area contributed by atoms with Crippen LogP contribution in [0.1, 0.15) is 32.1 Å². The number of fused-ring (bicyclic) bond motifs is 2. The van der Waals surface area contributed by atoms with Gasteiger partial charge in [-0.3, -0.25) is 4.79 Å². The maximum Gasteiger partial charge on any atom is 0.320 e. The van der Waals surface area contributed by atoms with Gasteiger partial charge in [0.15, 0.2) is 6.29 Å². The molecule has 4 atom stereocenters. The van der Waals surface area contributed by atoms with E-state index in [1.165, 1.54) is 36.4 Å². The van der Waals surface area contributed by atoms with Gasteiger partial charge in [0, 0.05) is 44.8 Å². The lowest BCUT2D eigenvalue weighted by Gasteiger charge is -2.46. The Hall–Kier alpha value is -3.37. The van der Waals surface area contributed by atoms with E-state index in [2.05, 4.69) is 10.5 Å². The van der Waals surface area contributed by atoms with Crippen LogP contribution in [0.5, 0.6) is 11.6 Å². The zero-order valence-electron chi connectivity index (χ0n) is 23.5. The molecule has 232 valence electrons. The predicted octanol–water partition coefficient (Wildman–Crippen LogP) is 2.25. The van der Waals surface area contributed by atoms with Crippen LogP contribution in [0.15, 0.2) is 47.5 Å². The van der Waals surface area contributed by atoms with Crippen LogP contribution < -0.4 is 10.2 Å². The van der Waals surface area contributed by atoms with E-state index in [0.29, 0.717) is 57.9 Å². The Morgan fingerprint density at radius 1 is 1.00 bits per heavy atom. The molecule has 1 N–H and O–H groups in total. The van der Waals surface area contributed by atoms with Crippen molar-refractivity contribution in [1.29, 1.82) is 0 Å². The van der Waals surface area contributed by atoms with Gasteiger partial charge in [-0.25, -0.2) is 32.9 Å². The molecular weight excluding hydrogens is 585 g/mol. The van der Waals surface area contributed by atoms with Crippen molar-refractivity contribution in [1.82, 2.24) is 24.6 Å². The molecule has 43 heavy (non-hydrogen) atoms. The molecule has 3 amide bonds. The number of nitrogens with one attached hydrogen (secondary N) is 1. The second-order valence-corrected chi connectivity index (χ2v) is 12.8. The minimum absolute atomic E-state index is 0.0687. The summed E-state index contributed by atoms with van der Waals surface area (Å²) < 4.78 is 59.0. The quantitative estimate of drug-likeness (QED) is 0.462. The Labute approximate surface area is 248 Å². The monoisotopic (exact) mass is 619 g/mol. The molecule has 4 aliphatic heterocycles. The van der Waals surface area contributed by atoms with Gasteiger partial charge in [0.1, 0.15) is 22.5 Å². The topological polar surface area (TPSA) is 140 Å². The molecule has 5 heterocycles. The van der Waals surface area contributed by atoms with Gasteiger partial charge in [0.05, 0.1) is 25.5 Å². The molecule has 4 fully saturated rings. The molecule has 1 unspecified atom stereocenters. The van der Waals surface area contributed by atoms with E-state index < -0.39 is 46.2 Å². The number of urea groups is 1. The maximum atomic E-state index is 14.0. The summed E-state index contributed by atoms with van der Waals surface area (Å²) in [5, 5.41) is 0. The van der Waals surface area contributed by atoms with Crippen molar-refractivity contribution < 1.29 is 41.4 Å². The summed E-state index contributed by atoms with van der Waals surface area (Å²) in [7, 11) is -4.25. The normalized spacial score (nSPS) is 26.3. The highest BCUT2D eigenvalue weighted by Gasteiger charge is 2.55. The van der Waals surface area contributed by atoms with E-state index in [1.54, 1.807) is 9.80 Å². The van der Waals surface area contributed by atoms with Crippen LogP contribution in [0, 0.1) is 5.82 Å². The van der Waals surface area contributed by atoms with Crippen molar-refractivity contribution in [3.05, 3.63) is 48.4 Å². The first-order valence-corrected chi connectivity index (χ1v) is 15.9. The van der Waals surface area contributed by atoms with Crippen LogP contribution in [-0.2, 0) is 29.1 Å². The highest BCUT2D eigenvalue weighted by atomic mass is 32.2. The van der Waals surface area contributed by atoms with E-state index in [9.17, 15) is 22.4 Å². The van der Waals surface area contributed by atoms with Crippen molar-refractivity contribution in [2.45, 2.75) is 61.4 Å². The number of carbonyl (C=O) groups is 2. The number of piperazine rings is 1. The van der Waals surface area contributed by atoms with Crippen molar-refractivity contribution in [3.63, 3.8) is 0 Å². The zero-order chi connectivity index (χ0) is 30.0. The molecule has 0 saturated carbocycles. The number of hydrogen-bond acceptors (Lipinski definition) is 9. The summed E-state index contributed by atoms with van der Waals surface area (Å²) in [4.78, 5) is 40.2. The van der Waals surface area contributed by atoms with Crippen LogP contribution in [-0.4, -0.2) is 103 Å². The highest BCUT2D eigenvalue weighted by molar-refractivity contribution is 7.89. The van der Waals surface area contributed by atoms with Crippen molar-refractivity contribution in [2.24, 2.45) is 0 Å². The number of ether oxygens (including phenoxy) is 3. The fraction of sp³-hybridized carbons (Fsp3) is 0.536. The number of benzene rings is 1. The molecule has 1 aromatic heterocycles. The van der Waals surface area contributed by atoms with Gasteiger partial charge in [-0.2, -0.15) is 4.31 Å². The molecule has 0 aliphatic carbocycles. The van der Waals surface area contributed by atoms with Crippen molar-refractivity contribution >= 4 is 22.0 Å². The minimum atomic E-state index is -4.25. The third-order valence-corrected chi connectivity index (χ3v) is 9.99. The van der Waals surface area contributed by atoms with E-state index in [-0.39, 0.29) is 23.4 Å². The molecule has 4 saturated heterocycles. The van der Waals surface area contributed by atoms with Crippen molar-refractivity contribution in [2.75, 3.05) is 39.5 Å². The lowest BCUT2D eigenvalue weighted by Crippen LogP contribution is -2.68. The zero-order valence-corrected chi connectivity index (χ0v) is 24.3. The van der Waals surface area contributed by atoms with Crippen LogP contribution in [0.25, 0.3) is 0 Å². The summed E-state index contributed by atoms with van der Waals surface area (Å²) >= 11 is 0. The van der Waals surface area contributed by atoms with Crippen LogP contribution >= 0.6 is 0 Å². The van der Waals surface area contributed by atoms with Gasteiger partial charge in [-0.15, -0.1) is 0 Å². The number of nitrogens with zero attached hydrogens (tertiary/aromatic N) is 4. The average Bonchev–Trinajstić information content (AvgIpc) is 3.34. The van der Waals surface area contributed by atoms with Gasteiger partial charge >= 0.3 is 6.03 Å². The van der Waals surface area contributed by atoms with Gasteiger partial charge in [0.2, 0.25) is 15.9 Å². The number of hydroxylamine groups is 1. The van der Waals surface area contributed by atoms with Crippen LogP contribution in [0.4, 0.5) is 9.18 Å². The number of halogens is 1. The lowest BCUT2D eigenvalue weighted by atomic mass is 10.0. The Kier molecular flexibility index (Phi) is 8.77. The molecular formula is C28H34FN5O8S. The van der Waals surface area contributed by atoms with E-state index >= 15 is 0 Å². The molecule has 1 aromatic carbocycles. The van der Waals surface area contributed by atoms with Gasteiger partial charge < -0.3 is 24.0 Å². The second-order valence-electron chi connectivity index (χ2n) is 10.9. The Balaban J connectivity index is 1.24. The summed E-state index contributed by atoms with van der Waals surface area (Å²) in [6.07, 6.45) is 3.89. The van der Waals surface area contributed by atoms with Gasteiger partial charge in [-0.05, 0) is 56.0 Å². The first-order chi connectivity index (χ1) is 20.8. The number of rotatable bonds is 7. The summed E-state index contributed by atoms with van der Waals surface area (Å²) in [6.45, 7) is 2.12. The molecule has 0 spiro atoms. The Bertz CT molecular complexity index is 1400. The highest BCUT2D eigenvalue weighted by Crippen LogP contribution is 2.38. The van der Waals surface area contributed by atoms with Crippen molar-refractivity contribution in [3.8, 4) is 11.6 Å². The SMILES string of the molecule is O=C(NOC1CCCCO1)[C@H]1[C@@H]2CC[C@H](CN1S(=O)(=O)c1ccc(Oc3ccc(F)cc3)nc1)N2C(=O)N1CCOCC1. The molecule has 13 nitrogen and oxygen atoms in total. The number of aromatic nitrogens is 1. The largest absolute Gasteiger partial charge is 0.439 e. The molecule has 4 aliphatic rings. The van der Waals surface area contributed by atoms with Crippen LogP contribution in [0.2, 0.25) is 0 Å². The maximum absolute atomic E-state index is 14.0. The summed E-state index contributed by atoms with van der Waals surface area (Å²) in [5.74, 6) is -0.646. The van der Waals surface area contributed by atoms with Gasteiger partial charge in [-0.1, -0.05) is 0 Å². The predicted molar refractivity (Wildman–Crippen MR) is 148 cm³/mol. The summed E-state index contributed by atoms with van der Waals surface area (Å²) in [5.41, 5.74) is 2.43. The lowest BCUT2D eigenvalue weighted by molar-refractivity contribution is -0.203. The van der Waals surface area contributed by atoms with Crippen LogP contribution in [0.3, 0.4) is 0 Å².